The van der Waals surface area contributed by atoms with Crippen LogP contribution in [0.15, 0.2) is 5.16 Å². The van der Waals surface area contributed by atoms with E-state index in [0.717, 1.165) is 0 Å². The van der Waals surface area contributed by atoms with Crippen molar-refractivity contribution in [3.8, 4) is 0 Å². The van der Waals surface area contributed by atoms with Gasteiger partial charge in [-0.15, -0.1) is 0 Å². The third-order valence-electron chi connectivity index (χ3n) is 4.29. The molecule has 1 atom stereocenters. The summed E-state index contributed by atoms with van der Waals surface area (Å²) >= 11 is 0. The molecule has 1 saturated heterocycles. The lowest BCUT2D eigenvalue weighted by molar-refractivity contribution is -0.135. The van der Waals surface area contributed by atoms with Crippen molar-refractivity contribution in [3.05, 3.63) is 0 Å². The van der Waals surface area contributed by atoms with E-state index in [2.05, 4.69) is 10.5 Å². The summed E-state index contributed by atoms with van der Waals surface area (Å²) < 4.78 is 0. The molecule has 0 aromatic rings. The first-order valence-corrected chi connectivity index (χ1v) is 6.39. The maximum atomic E-state index is 12.5. The van der Waals surface area contributed by atoms with Gasteiger partial charge >= 0.3 is 0 Å². The summed E-state index contributed by atoms with van der Waals surface area (Å²) in [7, 11) is 1.59. The molecular formula is C12H20N4O3. The van der Waals surface area contributed by atoms with E-state index in [0.29, 0.717) is 32.4 Å². The highest BCUT2D eigenvalue weighted by Crippen LogP contribution is 2.48. The van der Waals surface area contributed by atoms with Gasteiger partial charge in [0, 0.05) is 20.1 Å². The number of nitrogens with two attached hydrogens (primary N) is 1. The monoisotopic (exact) mass is 268 g/mol. The Bertz CT molecular complexity index is 444. The number of rotatable bonds is 3. The summed E-state index contributed by atoms with van der Waals surface area (Å²) in [5.74, 6) is -0.210. The van der Waals surface area contributed by atoms with Gasteiger partial charge in [0.2, 0.25) is 11.8 Å². The number of nitrogens with one attached hydrogen (secondary N) is 1. The van der Waals surface area contributed by atoms with Crippen LogP contribution in [0.1, 0.15) is 26.2 Å². The van der Waals surface area contributed by atoms with E-state index in [1.54, 1.807) is 11.9 Å². The van der Waals surface area contributed by atoms with E-state index < -0.39 is 10.8 Å². The minimum Gasteiger partial charge on any atom is -0.409 e. The Morgan fingerprint density at radius 3 is 2.47 bits per heavy atom. The van der Waals surface area contributed by atoms with Crippen molar-refractivity contribution >= 4 is 17.6 Å². The van der Waals surface area contributed by atoms with Crippen molar-refractivity contribution in [2.24, 2.45) is 21.7 Å². The van der Waals surface area contributed by atoms with E-state index >= 15 is 0 Å². The standard InChI is InChI=1S/C12H20N4O3/c1-11(9(17)14-2)5-6-16(7-11)10(18)12(3-4-12)8(13)15-19/h19H,3-7H2,1-2H3,(H2,13,15)(H,14,17). The molecule has 1 unspecified atom stereocenters. The molecule has 7 heteroatoms. The number of nitrogens with zero attached hydrogens (tertiary/aromatic N) is 2. The largest absolute Gasteiger partial charge is 0.409 e. The smallest absolute Gasteiger partial charge is 0.236 e. The highest BCUT2D eigenvalue weighted by Gasteiger charge is 2.57. The lowest BCUT2D eigenvalue weighted by atomic mass is 9.89. The highest BCUT2D eigenvalue weighted by atomic mass is 16.4. The zero-order chi connectivity index (χ0) is 14.3. The van der Waals surface area contributed by atoms with Gasteiger partial charge in [-0.05, 0) is 26.2 Å². The molecule has 1 heterocycles. The fourth-order valence-corrected chi connectivity index (χ4v) is 2.72. The Morgan fingerprint density at radius 1 is 1.37 bits per heavy atom. The molecule has 106 valence electrons. The van der Waals surface area contributed by atoms with Gasteiger partial charge in [-0.1, -0.05) is 5.16 Å². The van der Waals surface area contributed by atoms with Gasteiger partial charge < -0.3 is 21.2 Å². The van der Waals surface area contributed by atoms with Crippen LogP contribution in [0.4, 0.5) is 0 Å². The quantitative estimate of drug-likeness (QED) is 0.277. The molecule has 0 aromatic heterocycles. The first-order chi connectivity index (χ1) is 8.89. The maximum absolute atomic E-state index is 12.5. The average Bonchev–Trinajstić information content (AvgIpc) is 3.13. The molecule has 1 aliphatic heterocycles. The Kier molecular flexibility index (Phi) is 3.15. The second-order valence-electron chi connectivity index (χ2n) is 5.68. The number of likely N-dealkylation sites (tertiary alicyclic amines) is 1. The first-order valence-electron chi connectivity index (χ1n) is 6.39. The van der Waals surface area contributed by atoms with E-state index in [9.17, 15) is 9.59 Å². The van der Waals surface area contributed by atoms with Gasteiger partial charge in [0.15, 0.2) is 5.84 Å². The van der Waals surface area contributed by atoms with Gasteiger partial charge in [0.05, 0.1) is 5.41 Å². The Labute approximate surface area is 111 Å². The summed E-state index contributed by atoms with van der Waals surface area (Å²) in [5.41, 5.74) is 4.23. The second-order valence-corrected chi connectivity index (χ2v) is 5.68. The van der Waals surface area contributed by atoms with Crippen LogP contribution >= 0.6 is 0 Å². The van der Waals surface area contributed by atoms with E-state index in [1.807, 2.05) is 6.92 Å². The number of carbonyl (C=O) groups excluding carboxylic acids is 2. The number of carbonyl (C=O) groups is 2. The normalized spacial score (nSPS) is 29.2. The van der Waals surface area contributed by atoms with Gasteiger partial charge in [0.1, 0.15) is 5.41 Å². The van der Waals surface area contributed by atoms with Crippen molar-refractivity contribution in [3.63, 3.8) is 0 Å². The van der Waals surface area contributed by atoms with Crippen molar-refractivity contribution in [2.75, 3.05) is 20.1 Å². The third-order valence-corrected chi connectivity index (χ3v) is 4.29. The van der Waals surface area contributed by atoms with Crippen molar-refractivity contribution in [2.45, 2.75) is 26.2 Å². The molecule has 2 rings (SSSR count). The molecule has 1 saturated carbocycles. The molecule has 2 fully saturated rings. The predicted octanol–water partition coefficient (Wildman–Crippen LogP) is -0.502. The van der Waals surface area contributed by atoms with Gasteiger partial charge in [0.25, 0.3) is 0 Å². The number of amidine groups is 1. The minimum absolute atomic E-state index is 0.0222. The summed E-state index contributed by atoms with van der Waals surface area (Å²) in [6.45, 7) is 2.76. The van der Waals surface area contributed by atoms with E-state index in [4.69, 9.17) is 10.9 Å². The summed E-state index contributed by atoms with van der Waals surface area (Å²) in [6, 6.07) is 0. The molecule has 0 radical (unpaired) electrons. The third kappa shape index (κ3) is 2.02. The van der Waals surface area contributed by atoms with Crippen LogP contribution in [-0.2, 0) is 9.59 Å². The Balaban J connectivity index is 2.10. The van der Waals surface area contributed by atoms with Crippen LogP contribution < -0.4 is 11.1 Å². The van der Waals surface area contributed by atoms with Crippen LogP contribution in [0, 0.1) is 10.8 Å². The number of hydrogen-bond donors (Lipinski definition) is 3. The molecule has 2 aliphatic rings. The lowest BCUT2D eigenvalue weighted by Crippen LogP contribution is -2.45. The van der Waals surface area contributed by atoms with Crippen molar-refractivity contribution in [1.82, 2.24) is 10.2 Å². The molecule has 0 aromatic carbocycles. The SMILES string of the molecule is CNC(=O)C1(C)CCN(C(=O)C2(C(N)=NO)CC2)C1. The zero-order valence-corrected chi connectivity index (χ0v) is 11.3. The summed E-state index contributed by atoms with van der Waals surface area (Å²) in [6.07, 6.45) is 1.84. The molecule has 2 amide bonds. The molecule has 1 aliphatic carbocycles. The minimum atomic E-state index is -0.831. The zero-order valence-electron chi connectivity index (χ0n) is 11.3. The van der Waals surface area contributed by atoms with E-state index in [-0.39, 0.29) is 17.6 Å². The van der Waals surface area contributed by atoms with Crippen LogP contribution in [0.25, 0.3) is 0 Å². The first kappa shape index (κ1) is 13.6. The molecular weight excluding hydrogens is 248 g/mol. The fourth-order valence-electron chi connectivity index (χ4n) is 2.72. The van der Waals surface area contributed by atoms with E-state index in [1.165, 1.54) is 0 Å². The average molecular weight is 268 g/mol. The predicted molar refractivity (Wildman–Crippen MR) is 68.4 cm³/mol. The second kappa shape index (κ2) is 4.40. The molecule has 7 nitrogen and oxygen atoms in total. The summed E-state index contributed by atoms with van der Waals surface area (Å²) in [4.78, 5) is 25.9. The topological polar surface area (TPSA) is 108 Å². The van der Waals surface area contributed by atoms with Crippen molar-refractivity contribution in [1.29, 1.82) is 0 Å². The lowest BCUT2D eigenvalue weighted by Gasteiger charge is -2.25. The Morgan fingerprint density at radius 2 is 2.00 bits per heavy atom. The number of oxime groups is 1. The molecule has 0 bridgehead atoms. The molecule has 4 N–H and O–H groups in total. The summed E-state index contributed by atoms with van der Waals surface area (Å²) in [5, 5.41) is 14.4. The van der Waals surface area contributed by atoms with Crippen LogP contribution in [-0.4, -0.2) is 47.9 Å². The fraction of sp³-hybridized carbons (Fsp3) is 0.750. The number of amides is 2. The Hall–Kier alpha value is -1.79. The van der Waals surface area contributed by atoms with Gasteiger partial charge in [-0.2, -0.15) is 0 Å². The van der Waals surface area contributed by atoms with Gasteiger partial charge in [-0.3, -0.25) is 9.59 Å². The van der Waals surface area contributed by atoms with Crippen LogP contribution in [0.2, 0.25) is 0 Å². The number of hydrogen-bond acceptors (Lipinski definition) is 4. The van der Waals surface area contributed by atoms with Crippen molar-refractivity contribution < 1.29 is 14.8 Å². The van der Waals surface area contributed by atoms with Gasteiger partial charge in [-0.25, -0.2) is 0 Å². The molecule has 19 heavy (non-hydrogen) atoms. The highest BCUT2D eigenvalue weighted by molar-refractivity contribution is 6.09. The van der Waals surface area contributed by atoms with Crippen LogP contribution in [0.5, 0.6) is 0 Å². The molecule has 0 spiro atoms. The maximum Gasteiger partial charge on any atom is 0.236 e. The van der Waals surface area contributed by atoms with Crippen LogP contribution in [0.3, 0.4) is 0 Å².